The van der Waals surface area contributed by atoms with E-state index >= 15 is 0 Å². The van der Waals surface area contributed by atoms with E-state index in [2.05, 4.69) is 22.8 Å². The zero-order valence-electron chi connectivity index (χ0n) is 10.4. The van der Waals surface area contributed by atoms with Gasteiger partial charge in [0.15, 0.2) is 0 Å². The van der Waals surface area contributed by atoms with Gasteiger partial charge in [0.05, 0.1) is 12.0 Å². The molecule has 1 aromatic heterocycles. The van der Waals surface area contributed by atoms with Crippen LogP contribution in [0.25, 0.3) is 0 Å². The van der Waals surface area contributed by atoms with Gasteiger partial charge in [-0.15, -0.1) is 11.3 Å². The molecule has 1 atom stereocenters. The molecule has 1 unspecified atom stereocenters. The summed E-state index contributed by atoms with van der Waals surface area (Å²) in [6.45, 7) is 0. The van der Waals surface area contributed by atoms with Crippen molar-refractivity contribution in [2.45, 2.75) is 12.5 Å². The van der Waals surface area contributed by atoms with Crippen LogP contribution < -0.4 is 10.1 Å². The molecule has 4 heteroatoms. The van der Waals surface area contributed by atoms with Crippen molar-refractivity contribution in [3.8, 4) is 5.75 Å². The second kappa shape index (κ2) is 6.23. The molecule has 1 heterocycles. The van der Waals surface area contributed by atoms with Gasteiger partial charge in [0.25, 0.3) is 0 Å². The molecule has 0 bridgehead atoms. The Morgan fingerprint density at radius 2 is 2.00 bits per heavy atom. The Kier molecular flexibility index (Phi) is 4.64. The fraction of sp³-hybridized carbons (Fsp3) is 0.286. The van der Waals surface area contributed by atoms with Gasteiger partial charge >= 0.3 is 0 Å². The average molecular weight is 282 g/mol. The lowest BCUT2D eigenvalue weighted by atomic mass is 10.0. The van der Waals surface area contributed by atoms with Crippen molar-refractivity contribution in [2.24, 2.45) is 0 Å². The first-order valence-electron chi connectivity index (χ1n) is 5.77. The lowest BCUT2D eigenvalue weighted by Gasteiger charge is -2.16. The van der Waals surface area contributed by atoms with Crippen LogP contribution in [0.4, 0.5) is 0 Å². The molecule has 2 nitrogen and oxygen atoms in total. The Morgan fingerprint density at radius 3 is 2.61 bits per heavy atom. The molecular weight excluding hydrogens is 266 g/mol. The van der Waals surface area contributed by atoms with Crippen LogP contribution in [-0.2, 0) is 6.42 Å². The molecule has 96 valence electrons. The largest absolute Gasteiger partial charge is 0.496 e. The van der Waals surface area contributed by atoms with E-state index < -0.39 is 0 Å². The first-order valence-corrected chi connectivity index (χ1v) is 7.03. The van der Waals surface area contributed by atoms with E-state index in [1.807, 2.05) is 25.2 Å². The van der Waals surface area contributed by atoms with Crippen LogP contribution >= 0.6 is 22.9 Å². The van der Waals surface area contributed by atoms with E-state index in [4.69, 9.17) is 16.3 Å². The first-order chi connectivity index (χ1) is 8.74. The number of thiophene rings is 1. The summed E-state index contributed by atoms with van der Waals surface area (Å²) in [7, 11) is 3.68. The van der Waals surface area contributed by atoms with E-state index in [1.54, 1.807) is 18.4 Å². The lowest BCUT2D eigenvalue weighted by molar-refractivity contribution is 0.405. The van der Waals surface area contributed by atoms with Crippen molar-refractivity contribution in [3.63, 3.8) is 0 Å². The van der Waals surface area contributed by atoms with Crippen LogP contribution in [0, 0.1) is 0 Å². The second-order valence-corrected chi connectivity index (χ2v) is 5.41. The Labute approximate surface area is 117 Å². The van der Waals surface area contributed by atoms with Crippen LogP contribution in [0.5, 0.6) is 5.75 Å². The molecule has 0 saturated heterocycles. The minimum atomic E-state index is 0.265. The molecule has 0 amide bonds. The topological polar surface area (TPSA) is 21.3 Å². The highest BCUT2D eigenvalue weighted by atomic mass is 35.5. The molecule has 0 fully saturated rings. The third kappa shape index (κ3) is 3.05. The van der Waals surface area contributed by atoms with E-state index in [1.165, 1.54) is 10.4 Å². The molecule has 0 spiro atoms. The lowest BCUT2D eigenvalue weighted by Crippen LogP contribution is -2.18. The maximum absolute atomic E-state index is 5.90. The van der Waals surface area contributed by atoms with E-state index in [0.29, 0.717) is 0 Å². The fourth-order valence-corrected chi connectivity index (χ4v) is 3.01. The minimum absolute atomic E-state index is 0.265. The number of likely N-dealkylation sites (N-methyl/N-ethyl adjacent to an activating group) is 1. The van der Waals surface area contributed by atoms with Crippen molar-refractivity contribution in [3.05, 3.63) is 51.2 Å². The highest BCUT2D eigenvalue weighted by molar-refractivity contribution is 7.10. The van der Waals surface area contributed by atoms with Gasteiger partial charge in [-0.25, -0.2) is 0 Å². The van der Waals surface area contributed by atoms with Gasteiger partial charge in [0, 0.05) is 11.1 Å². The number of nitrogens with one attached hydrogen (secondary N) is 1. The monoisotopic (exact) mass is 281 g/mol. The summed E-state index contributed by atoms with van der Waals surface area (Å²) in [6, 6.07) is 10.2. The molecule has 0 saturated carbocycles. The number of halogens is 1. The first kappa shape index (κ1) is 13.4. The molecule has 18 heavy (non-hydrogen) atoms. The van der Waals surface area contributed by atoms with E-state index in [9.17, 15) is 0 Å². The zero-order chi connectivity index (χ0) is 13.0. The molecule has 1 N–H and O–H groups in total. The maximum atomic E-state index is 5.90. The molecule has 2 rings (SSSR count). The fourth-order valence-electron chi connectivity index (χ4n) is 1.91. The molecule has 2 aromatic rings. The molecule has 0 aliphatic heterocycles. The Balaban J connectivity index is 2.17. The quantitative estimate of drug-likeness (QED) is 0.897. The van der Waals surface area contributed by atoms with Gasteiger partial charge < -0.3 is 10.1 Å². The Hall–Kier alpha value is -1.03. The van der Waals surface area contributed by atoms with Gasteiger partial charge in [-0.1, -0.05) is 23.7 Å². The van der Waals surface area contributed by atoms with E-state index in [-0.39, 0.29) is 6.04 Å². The van der Waals surface area contributed by atoms with Crippen molar-refractivity contribution in [1.29, 1.82) is 0 Å². The van der Waals surface area contributed by atoms with Gasteiger partial charge in [-0.3, -0.25) is 0 Å². The van der Waals surface area contributed by atoms with Crippen LogP contribution in [0.15, 0.2) is 35.7 Å². The number of hydrogen-bond acceptors (Lipinski definition) is 3. The van der Waals surface area contributed by atoms with Crippen LogP contribution in [0.1, 0.15) is 16.5 Å². The van der Waals surface area contributed by atoms with E-state index in [0.717, 1.165) is 17.2 Å². The SMILES string of the molecule is CNC(Cc1ccc(Cl)cc1)c1sccc1OC. The zero-order valence-corrected chi connectivity index (χ0v) is 12.0. The second-order valence-electron chi connectivity index (χ2n) is 4.03. The number of methoxy groups -OCH3 is 1. The summed E-state index contributed by atoms with van der Waals surface area (Å²) in [5, 5.41) is 6.17. The summed E-state index contributed by atoms with van der Waals surface area (Å²) < 4.78 is 5.37. The highest BCUT2D eigenvalue weighted by Crippen LogP contribution is 2.32. The van der Waals surface area contributed by atoms with Crippen molar-refractivity contribution < 1.29 is 4.74 Å². The van der Waals surface area contributed by atoms with Crippen molar-refractivity contribution in [2.75, 3.05) is 14.2 Å². The minimum Gasteiger partial charge on any atom is -0.496 e. The predicted molar refractivity (Wildman–Crippen MR) is 77.8 cm³/mol. The molecule has 1 aromatic carbocycles. The van der Waals surface area contributed by atoms with Gasteiger partial charge in [0.2, 0.25) is 0 Å². The van der Waals surface area contributed by atoms with Crippen molar-refractivity contribution >= 4 is 22.9 Å². The maximum Gasteiger partial charge on any atom is 0.134 e. The standard InChI is InChI=1S/C14H16ClNOS/c1-16-12(14-13(17-2)7-8-18-14)9-10-3-5-11(15)6-4-10/h3-8,12,16H,9H2,1-2H3. The predicted octanol–water partition coefficient (Wildman–Crippen LogP) is 3.91. The third-order valence-electron chi connectivity index (χ3n) is 2.90. The van der Waals surface area contributed by atoms with Crippen molar-refractivity contribution in [1.82, 2.24) is 5.32 Å². The summed E-state index contributed by atoms with van der Waals surface area (Å²) in [4.78, 5) is 1.23. The summed E-state index contributed by atoms with van der Waals surface area (Å²) >= 11 is 7.61. The molecule has 0 aliphatic rings. The Bertz CT molecular complexity index is 495. The number of rotatable bonds is 5. The number of hydrogen-bond donors (Lipinski definition) is 1. The smallest absolute Gasteiger partial charge is 0.134 e. The summed E-state index contributed by atoms with van der Waals surface area (Å²) in [5.41, 5.74) is 1.26. The van der Waals surface area contributed by atoms with Crippen LogP contribution in [-0.4, -0.2) is 14.2 Å². The summed E-state index contributed by atoms with van der Waals surface area (Å²) in [5.74, 6) is 0.952. The van der Waals surface area contributed by atoms with Crippen LogP contribution in [0.2, 0.25) is 5.02 Å². The summed E-state index contributed by atoms with van der Waals surface area (Å²) in [6.07, 6.45) is 0.921. The number of ether oxygens (including phenoxy) is 1. The van der Waals surface area contributed by atoms with Gasteiger partial charge in [-0.2, -0.15) is 0 Å². The molecule has 0 aliphatic carbocycles. The molecular formula is C14H16ClNOS. The van der Waals surface area contributed by atoms with Gasteiger partial charge in [0.1, 0.15) is 5.75 Å². The van der Waals surface area contributed by atoms with Crippen LogP contribution in [0.3, 0.4) is 0 Å². The normalized spacial score (nSPS) is 12.4. The third-order valence-corrected chi connectivity index (χ3v) is 4.16. The Morgan fingerprint density at radius 1 is 1.28 bits per heavy atom. The van der Waals surface area contributed by atoms with Gasteiger partial charge in [-0.05, 0) is 42.6 Å². The average Bonchev–Trinajstić information content (AvgIpc) is 2.86. The highest BCUT2D eigenvalue weighted by Gasteiger charge is 2.16. The molecule has 0 radical (unpaired) electrons. The number of benzene rings is 1.